The molecule has 18 heavy (non-hydrogen) atoms. The Hall–Kier alpha value is -0.700. The average molecular weight is 280 g/mol. The minimum absolute atomic E-state index is 0.0104. The van der Waals surface area contributed by atoms with E-state index in [0.717, 1.165) is 4.31 Å². The zero-order chi connectivity index (χ0) is 14.0. The van der Waals surface area contributed by atoms with E-state index in [1.165, 1.54) is 18.5 Å². The molecule has 0 spiro atoms. The first-order valence-electron chi connectivity index (χ1n) is 5.70. The number of rotatable bonds is 5. The molecule has 0 bridgehead atoms. The fraction of sp³-hybridized carbons (Fsp3) is 0.900. The van der Waals surface area contributed by atoms with Crippen molar-refractivity contribution in [2.24, 2.45) is 0 Å². The SMILES string of the molecule is COC(=O)CCN(C)S(=O)(=O)N1CCC(C)(O)C1. The summed E-state index contributed by atoms with van der Waals surface area (Å²) in [7, 11) is -0.948. The lowest BCUT2D eigenvalue weighted by Gasteiger charge is -2.24. The molecule has 1 rings (SSSR count). The largest absolute Gasteiger partial charge is 0.469 e. The molecule has 0 saturated carbocycles. The summed E-state index contributed by atoms with van der Waals surface area (Å²) in [4.78, 5) is 11.0. The molecule has 106 valence electrons. The van der Waals surface area contributed by atoms with Crippen molar-refractivity contribution >= 4 is 16.2 Å². The summed E-state index contributed by atoms with van der Waals surface area (Å²) in [6.07, 6.45) is 0.424. The molecule has 0 aliphatic carbocycles. The van der Waals surface area contributed by atoms with Crippen LogP contribution in [0.25, 0.3) is 0 Å². The second kappa shape index (κ2) is 5.52. The third-order valence-electron chi connectivity index (χ3n) is 3.00. The summed E-state index contributed by atoms with van der Waals surface area (Å²) in [6.45, 7) is 2.04. The van der Waals surface area contributed by atoms with Crippen molar-refractivity contribution in [3.05, 3.63) is 0 Å². The third kappa shape index (κ3) is 3.64. The number of hydrogen-bond donors (Lipinski definition) is 1. The number of methoxy groups -OCH3 is 1. The van der Waals surface area contributed by atoms with Crippen LogP contribution in [0, 0.1) is 0 Å². The number of hydrogen-bond acceptors (Lipinski definition) is 5. The molecule has 0 aromatic rings. The molecule has 1 atom stereocenters. The zero-order valence-electron chi connectivity index (χ0n) is 10.9. The van der Waals surface area contributed by atoms with Crippen molar-refractivity contribution in [2.75, 3.05) is 33.8 Å². The first-order valence-corrected chi connectivity index (χ1v) is 7.09. The summed E-state index contributed by atoms with van der Waals surface area (Å²) in [5, 5.41) is 9.77. The average Bonchev–Trinajstić information content (AvgIpc) is 2.66. The number of nitrogens with zero attached hydrogens (tertiary/aromatic N) is 2. The van der Waals surface area contributed by atoms with Gasteiger partial charge in [0.15, 0.2) is 0 Å². The van der Waals surface area contributed by atoms with E-state index >= 15 is 0 Å². The Bertz CT molecular complexity index is 406. The second-order valence-corrected chi connectivity index (χ2v) is 6.77. The van der Waals surface area contributed by atoms with Gasteiger partial charge in [-0.3, -0.25) is 4.79 Å². The highest BCUT2D eigenvalue weighted by Crippen LogP contribution is 2.24. The highest BCUT2D eigenvalue weighted by Gasteiger charge is 2.39. The molecule has 8 heteroatoms. The van der Waals surface area contributed by atoms with Crippen LogP contribution in [-0.4, -0.2) is 67.5 Å². The van der Waals surface area contributed by atoms with Crippen LogP contribution in [0.1, 0.15) is 19.8 Å². The highest BCUT2D eigenvalue weighted by molar-refractivity contribution is 7.86. The van der Waals surface area contributed by atoms with Gasteiger partial charge in [-0.05, 0) is 13.3 Å². The van der Waals surface area contributed by atoms with E-state index in [1.54, 1.807) is 6.92 Å². The number of aliphatic hydroxyl groups is 1. The van der Waals surface area contributed by atoms with Gasteiger partial charge in [-0.25, -0.2) is 0 Å². The van der Waals surface area contributed by atoms with Gasteiger partial charge in [0.1, 0.15) is 0 Å². The van der Waals surface area contributed by atoms with Gasteiger partial charge in [0.05, 0.1) is 19.1 Å². The monoisotopic (exact) mass is 280 g/mol. The maximum Gasteiger partial charge on any atom is 0.306 e. The predicted octanol–water partition coefficient (Wildman–Crippen LogP) is -0.817. The highest BCUT2D eigenvalue weighted by atomic mass is 32.2. The van der Waals surface area contributed by atoms with Crippen LogP contribution in [0.5, 0.6) is 0 Å². The smallest absolute Gasteiger partial charge is 0.306 e. The van der Waals surface area contributed by atoms with Crippen LogP contribution in [0.4, 0.5) is 0 Å². The molecule has 1 fully saturated rings. The lowest BCUT2D eigenvalue weighted by molar-refractivity contribution is -0.140. The molecule has 0 amide bonds. The molecule has 1 aliphatic heterocycles. The molecule has 7 nitrogen and oxygen atoms in total. The minimum atomic E-state index is -3.61. The Kier molecular flexibility index (Phi) is 4.71. The van der Waals surface area contributed by atoms with Crippen LogP contribution in [0.15, 0.2) is 0 Å². The number of ether oxygens (including phenoxy) is 1. The Labute approximate surface area is 108 Å². The topological polar surface area (TPSA) is 87.2 Å². The Morgan fingerprint density at radius 1 is 1.56 bits per heavy atom. The fourth-order valence-electron chi connectivity index (χ4n) is 1.76. The quantitative estimate of drug-likeness (QED) is 0.665. The molecule has 0 aromatic carbocycles. The van der Waals surface area contributed by atoms with Gasteiger partial charge in [-0.15, -0.1) is 0 Å². The lowest BCUT2D eigenvalue weighted by atomic mass is 10.1. The van der Waals surface area contributed by atoms with Gasteiger partial charge in [0.25, 0.3) is 10.2 Å². The Balaban J connectivity index is 2.61. The summed E-state index contributed by atoms with van der Waals surface area (Å²) >= 11 is 0. The van der Waals surface area contributed by atoms with E-state index in [0.29, 0.717) is 6.42 Å². The Morgan fingerprint density at radius 2 is 2.17 bits per heavy atom. The zero-order valence-corrected chi connectivity index (χ0v) is 11.7. The van der Waals surface area contributed by atoms with Gasteiger partial charge in [-0.2, -0.15) is 17.0 Å². The van der Waals surface area contributed by atoms with E-state index in [-0.39, 0.29) is 26.1 Å². The summed E-state index contributed by atoms with van der Waals surface area (Å²) < 4.78 is 31.0. The summed E-state index contributed by atoms with van der Waals surface area (Å²) in [5.74, 6) is -0.453. The number of carbonyl (C=O) groups excluding carboxylic acids is 1. The number of β-amino-alcohol motifs (C(OH)–C–C–N with tert-alkyl or cyclic N) is 1. The van der Waals surface area contributed by atoms with Gasteiger partial charge in [-0.1, -0.05) is 0 Å². The molecule has 1 N–H and O–H groups in total. The normalized spacial score (nSPS) is 25.6. The van der Waals surface area contributed by atoms with Crippen molar-refractivity contribution in [2.45, 2.75) is 25.4 Å². The van der Waals surface area contributed by atoms with Gasteiger partial charge in [0, 0.05) is 26.7 Å². The molecule has 1 heterocycles. The van der Waals surface area contributed by atoms with Crippen LogP contribution in [0.2, 0.25) is 0 Å². The van der Waals surface area contributed by atoms with E-state index < -0.39 is 21.8 Å². The molecule has 1 unspecified atom stereocenters. The standard InChI is InChI=1S/C10H20N2O5S/c1-10(14)5-7-12(8-10)18(15,16)11(2)6-4-9(13)17-3/h14H,4-8H2,1-3H3. The van der Waals surface area contributed by atoms with E-state index in [1.807, 2.05) is 0 Å². The van der Waals surface area contributed by atoms with Gasteiger partial charge >= 0.3 is 5.97 Å². The van der Waals surface area contributed by atoms with Crippen LogP contribution < -0.4 is 0 Å². The summed E-state index contributed by atoms with van der Waals surface area (Å²) in [5.41, 5.74) is -0.976. The van der Waals surface area contributed by atoms with E-state index in [2.05, 4.69) is 4.74 Å². The van der Waals surface area contributed by atoms with Crippen LogP contribution >= 0.6 is 0 Å². The van der Waals surface area contributed by atoms with Crippen LogP contribution in [-0.2, 0) is 19.7 Å². The maximum absolute atomic E-state index is 12.1. The third-order valence-corrected chi connectivity index (χ3v) is 4.93. The molecule has 1 aliphatic rings. The maximum atomic E-state index is 12.1. The lowest BCUT2D eigenvalue weighted by Crippen LogP contribution is -2.43. The molecule has 0 aromatic heterocycles. The van der Waals surface area contributed by atoms with Crippen LogP contribution in [0.3, 0.4) is 0 Å². The van der Waals surface area contributed by atoms with Gasteiger partial charge in [0.2, 0.25) is 0 Å². The fourth-order valence-corrected chi connectivity index (χ4v) is 3.24. The molecular formula is C10H20N2O5S. The number of carbonyl (C=O) groups is 1. The molecular weight excluding hydrogens is 260 g/mol. The van der Waals surface area contributed by atoms with E-state index in [4.69, 9.17) is 0 Å². The molecule has 1 saturated heterocycles. The van der Waals surface area contributed by atoms with Crippen molar-refractivity contribution in [3.63, 3.8) is 0 Å². The summed E-state index contributed by atoms with van der Waals surface area (Å²) in [6, 6.07) is 0. The first-order chi connectivity index (χ1) is 8.19. The van der Waals surface area contributed by atoms with Crippen molar-refractivity contribution in [1.82, 2.24) is 8.61 Å². The van der Waals surface area contributed by atoms with Gasteiger partial charge < -0.3 is 9.84 Å². The second-order valence-electron chi connectivity index (χ2n) is 4.74. The number of esters is 1. The molecule has 0 radical (unpaired) electrons. The van der Waals surface area contributed by atoms with E-state index in [9.17, 15) is 18.3 Å². The van der Waals surface area contributed by atoms with Crippen molar-refractivity contribution in [1.29, 1.82) is 0 Å². The Morgan fingerprint density at radius 3 is 2.61 bits per heavy atom. The minimum Gasteiger partial charge on any atom is -0.469 e. The predicted molar refractivity (Wildman–Crippen MR) is 65.0 cm³/mol. The van der Waals surface area contributed by atoms with Crippen molar-refractivity contribution < 1.29 is 23.1 Å². The first kappa shape index (κ1) is 15.4. The van der Waals surface area contributed by atoms with Crippen molar-refractivity contribution in [3.8, 4) is 0 Å².